The minimum absolute atomic E-state index is 0.489. The summed E-state index contributed by atoms with van der Waals surface area (Å²) in [5, 5.41) is 0. The van der Waals surface area contributed by atoms with E-state index in [1.165, 1.54) is 0 Å². The zero-order valence-corrected chi connectivity index (χ0v) is 23.2. The number of nitrogens with zero attached hydrogens (tertiary/aromatic N) is 2. The molecule has 0 bridgehead atoms. The molecule has 0 saturated heterocycles. The van der Waals surface area contributed by atoms with Crippen LogP contribution in [0.3, 0.4) is 0 Å². The van der Waals surface area contributed by atoms with Gasteiger partial charge in [0.1, 0.15) is 0 Å². The second kappa shape index (κ2) is 11.1. The van der Waals surface area contributed by atoms with Crippen LogP contribution in [0.25, 0.3) is 0 Å². The van der Waals surface area contributed by atoms with Crippen LogP contribution in [-0.2, 0) is 0 Å². The van der Waals surface area contributed by atoms with Crippen molar-refractivity contribution in [1.29, 1.82) is 0 Å². The molecule has 6 heteroatoms. The first kappa shape index (κ1) is 23.7. The molecule has 0 fully saturated rings. The van der Waals surface area contributed by atoms with Crippen LogP contribution in [0.5, 0.6) is 0 Å². The molecule has 0 aromatic heterocycles. The molecule has 32 heavy (non-hydrogen) atoms. The van der Waals surface area contributed by atoms with Gasteiger partial charge in [0.2, 0.25) is 0 Å². The standard InChI is InChI=1S/C26H32As2B2N2/c1-31(2)29(25-19-11-12-20-25)27(23-15-7-5-8-16-23)28(24-17-9-6-10-18-24)30(32(3)4)26-21-13-14-22-26/h5-22,25-26H,1-4H3. The summed E-state index contributed by atoms with van der Waals surface area (Å²) in [7, 11) is 9.19. The summed E-state index contributed by atoms with van der Waals surface area (Å²) >= 11 is -3.13. The summed E-state index contributed by atoms with van der Waals surface area (Å²) in [6.45, 7) is 0. The van der Waals surface area contributed by atoms with Crippen molar-refractivity contribution < 1.29 is 0 Å². The molecule has 4 rings (SSSR count). The third-order valence-electron chi connectivity index (χ3n) is 6.08. The number of benzene rings is 2. The van der Waals surface area contributed by atoms with Gasteiger partial charge in [-0.15, -0.1) is 0 Å². The fraction of sp³-hybridized carbons (Fsp3) is 0.231. The van der Waals surface area contributed by atoms with Gasteiger partial charge in [-0.25, -0.2) is 0 Å². The van der Waals surface area contributed by atoms with Crippen LogP contribution in [0.1, 0.15) is 0 Å². The molecule has 2 nitrogen and oxygen atoms in total. The Hall–Kier alpha value is -1.43. The summed E-state index contributed by atoms with van der Waals surface area (Å²) in [6.07, 6.45) is 18.7. The van der Waals surface area contributed by atoms with Crippen LogP contribution < -0.4 is 8.70 Å². The van der Waals surface area contributed by atoms with Gasteiger partial charge in [-0.05, 0) is 0 Å². The molecular formula is C26H32As2B2N2. The molecule has 2 unspecified atom stereocenters. The quantitative estimate of drug-likeness (QED) is 0.449. The molecule has 2 aliphatic carbocycles. The molecule has 0 amide bonds. The van der Waals surface area contributed by atoms with Crippen molar-refractivity contribution in [3.8, 4) is 0 Å². The van der Waals surface area contributed by atoms with E-state index in [0.717, 1.165) is 0 Å². The van der Waals surface area contributed by atoms with Gasteiger partial charge in [0.25, 0.3) is 0 Å². The fourth-order valence-electron chi connectivity index (χ4n) is 4.72. The Bertz CT molecular complexity index is 884. The van der Waals surface area contributed by atoms with Crippen LogP contribution in [0.15, 0.2) is 109 Å². The van der Waals surface area contributed by atoms with Crippen LogP contribution in [0.2, 0.25) is 11.6 Å². The molecule has 0 N–H and O–H groups in total. The Balaban J connectivity index is 1.92. The number of hydrogen-bond acceptors (Lipinski definition) is 2. The molecule has 0 spiro atoms. The number of allylic oxidation sites excluding steroid dienone is 8. The van der Waals surface area contributed by atoms with Crippen molar-refractivity contribution in [2.45, 2.75) is 11.6 Å². The Kier molecular flexibility index (Phi) is 8.25. The Labute approximate surface area is 202 Å². The van der Waals surface area contributed by atoms with Gasteiger partial charge in [0.05, 0.1) is 0 Å². The van der Waals surface area contributed by atoms with Gasteiger partial charge < -0.3 is 0 Å². The molecular weight excluding hydrogens is 512 g/mol. The Morgan fingerprint density at radius 2 is 0.844 bits per heavy atom. The monoisotopic (exact) mass is 544 g/mol. The van der Waals surface area contributed by atoms with Crippen molar-refractivity contribution in [3.63, 3.8) is 0 Å². The summed E-state index contributed by atoms with van der Waals surface area (Å²) < 4.78 is 3.24. The van der Waals surface area contributed by atoms with E-state index in [0.29, 0.717) is 22.7 Å². The van der Waals surface area contributed by atoms with Crippen molar-refractivity contribution in [2.75, 3.05) is 28.2 Å². The maximum atomic E-state index is 2.54. The molecule has 0 saturated carbocycles. The average molecular weight is 544 g/mol. The van der Waals surface area contributed by atoms with E-state index in [9.17, 15) is 0 Å². The summed E-state index contributed by atoms with van der Waals surface area (Å²) in [5.41, 5.74) is 1.11. The van der Waals surface area contributed by atoms with E-state index in [1.54, 1.807) is 8.70 Å². The summed E-state index contributed by atoms with van der Waals surface area (Å²) in [6, 6.07) is 23.1. The average Bonchev–Trinajstić information content (AvgIpc) is 3.51. The molecule has 162 valence electrons. The van der Waals surface area contributed by atoms with Gasteiger partial charge in [0, 0.05) is 0 Å². The molecule has 0 aliphatic heterocycles. The molecule has 2 atom stereocenters. The number of hydrogen-bond donors (Lipinski definition) is 0. The van der Waals surface area contributed by atoms with Crippen LogP contribution in [0.4, 0.5) is 0 Å². The molecule has 2 aromatic rings. The van der Waals surface area contributed by atoms with Crippen molar-refractivity contribution in [2.24, 2.45) is 0 Å². The second-order valence-electron chi connectivity index (χ2n) is 8.81. The first-order chi connectivity index (χ1) is 15.6. The molecule has 0 heterocycles. The van der Waals surface area contributed by atoms with E-state index in [-0.39, 0.29) is 0 Å². The van der Waals surface area contributed by atoms with Crippen molar-refractivity contribution in [1.82, 2.24) is 9.62 Å². The number of rotatable bonds is 9. The zero-order chi connectivity index (χ0) is 22.5. The summed E-state index contributed by atoms with van der Waals surface area (Å²) in [5.74, 6) is 0.978. The van der Waals surface area contributed by atoms with Gasteiger partial charge in [-0.3, -0.25) is 0 Å². The SMILES string of the molecule is CN(C)B(C1C=CC=C1)[As](c1ccccc1)[As](B(C1C=CC=C1)N(C)C)c1ccccc1. The second-order valence-corrected chi connectivity index (χ2v) is 25.5. The third-order valence-corrected chi connectivity index (χ3v) is 31.3. The summed E-state index contributed by atoms with van der Waals surface area (Å²) in [4.78, 5) is 5.07. The predicted octanol–water partition coefficient (Wildman–Crippen LogP) is 3.12. The minimum atomic E-state index is -1.57. The van der Waals surface area contributed by atoms with Crippen molar-refractivity contribution in [3.05, 3.63) is 109 Å². The van der Waals surface area contributed by atoms with Crippen molar-refractivity contribution >= 4 is 44.6 Å². The van der Waals surface area contributed by atoms with E-state index in [2.05, 4.69) is 147 Å². The Morgan fingerprint density at radius 3 is 1.12 bits per heavy atom. The topological polar surface area (TPSA) is 6.48 Å². The maximum absolute atomic E-state index is 2.54. The third kappa shape index (κ3) is 5.21. The van der Waals surface area contributed by atoms with E-state index in [4.69, 9.17) is 0 Å². The van der Waals surface area contributed by atoms with Crippen LogP contribution in [0, 0.1) is 0 Å². The Morgan fingerprint density at radius 1 is 0.531 bits per heavy atom. The molecule has 2 aromatic carbocycles. The van der Waals surface area contributed by atoms with E-state index in [1.807, 2.05) is 0 Å². The first-order valence-corrected chi connectivity index (χ1v) is 20.5. The zero-order valence-electron chi connectivity index (χ0n) is 19.5. The van der Waals surface area contributed by atoms with E-state index < -0.39 is 24.8 Å². The normalized spacial score (nSPS) is 17.6. The first-order valence-electron chi connectivity index (χ1n) is 11.3. The van der Waals surface area contributed by atoms with E-state index >= 15 is 0 Å². The van der Waals surface area contributed by atoms with Gasteiger partial charge in [-0.1, -0.05) is 0 Å². The van der Waals surface area contributed by atoms with Crippen LogP contribution >= 0.6 is 0 Å². The fourth-order valence-corrected chi connectivity index (χ4v) is 35.9. The molecule has 2 aliphatic rings. The predicted molar refractivity (Wildman–Crippen MR) is 147 cm³/mol. The molecule has 0 radical (unpaired) electrons. The van der Waals surface area contributed by atoms with Gasteiger partial charge in [0.15, 0.2) is 0 Å². The van der Waals surface area contributed by atoms with Crippen LogP contribution in [-0.4, -0.2) is 73.7 Å². The van der Waals surface area contributed by atoms with Gasteiger partial charge in [-0.2, -0.15) is 0 Å². The van der Waals surface area contributed by atoms with Gasteiger partial charge >= 0.3 is 203 Å².